The van der Waals surface area contributed by atoms with E-state index in [-0.39, 0.29) is 0 Å². The highest BCUT2D eigenvalue weighted by atomic mass is 16.5. The molecule has 1 unspecified atom stereocenters. The number of morpholine rings is 1. The molecule has 0 spiro atoms. The second-order valence-corrected chi connectivity index (χ2v) is 4.82. The van der Waals surface area contributed by atoms with E-state index in [4.69, 9.17) is 4.74 Å². The fourth-order valence-electron chi connectivity index (χ4n) is 2.02. The minimum absolute atomic E-state index is 0.748. The molecule has 0 amide bonds. The second-order valence-electron chi connectivity index (χ2n) is 4.82. The van der Waals surface area contributed by atoms with Gasteiger partial charge in [-0.1, -0.05) is 26.7 Å². The summed E-state index contributed by atoms with van der Waals surface area (Å²) >= 11 is 0. The quantitative estimate of drug-likeness (QED) is 0.674. The van der Waals surface area contributed by atoms with Crippen LogP contribution in [0.1, 0.15) is 40.0 Å². The Labute approximate surface area is 88.6 Å². The molecule has 0 radical (unpaired) electrons. The van der Waals surface area contributed by atoms with Crippen LogP contribution in [0, 0.1) is 5.92 Å². The smallest absolute Gasteiger partial charge is 0.0594 e. The molecule has 1 fully saturated rings. The maximum absolute atomic E-state index is 5.35. The van der Waals surface area contributed by atoms with Gasteiger partial charge < -0.3 is 4.74 Å². The van der Waals surface area contributed by atoms with Crippen LogP contribution in [0.3, 0.4) is 0 Å². The van der Waals surface area contributed by atoms with Gasteiger partial charge in [-0.15, -0.1) is 0 Å². The van der Waals surface area contributed by atoms with Crippen LogP contribution in [0.15, 0.2) is 0 Å². The van der Waals surface area contributed by atoms with E-state index in [2.05, 4.69) is 25.7 Å². The summed E-state index contributed by atoms with van der Waals surface area (Å²) in [6.45, 7) is 11.1. The summed E-state index contributed by atoms with van der Waals surface area (Å²) in [6, 6.07) is 0.748. The highest BCUT2D eigenvalue weighted by molar-refractivity contribution is 4.70. The molecule has 0 bridgehead atoms. The minimum atomic E-state index is 0.748. The van der Waals surface area contributed by atoms with E-state index in [0.717, 1.165) is 38.3 Å². The molecule has 2 nitrogen and oxygen atoms in total. The number of nitrogens with zero attached hydrogens (tertiary/aromatic N) is 1. The molecule has 1 rings (SSSR count). The van der Waals surface area contributed by atoms with Crippen molar-refractivity contribution in [1.82, 2.24) is 4.90 Å². The second kappa shape index (κ2) is 6.41. The first kappa shape index (κ1) is 12.0. The van der Waals surface area contributed by atoms with Gasteiger partial charge in [0.15, 0.2) is 0 Å². The van der Waals surface area contributed by atoms with Crippen molar-refractivity contribution >= 4 is 0 Å². The van der Waals surface area contributed by atoms with Crippen molar-refractivity contribution in [3.8, 4) is 0 Å². The molecule has 0 aromatic heterocycles. The summed E-state index contributed by atoms with van der Waals surface area (Å²) in [4.78, 5) is 2.56. The molecule has 1 aliphatic heterocycles. The predicted molar refractivity (Wildman–Crippen MR) is 60.5 cm³/mol. The summed E-state index contributed by atoms with van der Waals surface area (Å²) in [5.41, 5.74) is 0. The molecule has 1 atom stereocenters. The predicted octanol–water partition coefficient (Wildman–Crippen LogP) is 2.53. The zero-order valence-corrected chi connectivity index (χ0v) is 9.96. The van der Waals surface area contributed by atoms with Crippen LogP contribution >= 0.6 is 0 Å². The van der Waals surface area contributed by atoms with Gasteiger partial charge >= 0.3 is 0 Å². The third kappa shape index (κ3) is 4.43. The third-order valence-electron chi connectivity index (χ3n) is 3.07. The third-order valence-corrected chi connectivity index (χ3v) is 3.07. The van der Waals surface area contributed by atoms with Gasteiger partial charge in [0.2, 0.25) is 0 Å². The van der Waals surface area contributed by atoms with E-state index in [0.29, 0.717) is 0 Å². The summed E-state index contributed by atoms with van der Waals surface area (Å²) in [5, 5.41) is 0. The number of ether oxygens (including phenoxy) is 1. The Morgan fingerprint density at radius 2 is 1.71 bits per heavy atom. The summed E-state index contributed by atoms with van der Waals surface area (Å²) < 4.78 is 5.35. The van der Waals surface area contributed by atoms with Gasteiger partial charge in [-0.2, -0.15) is 0 Å². The van der Waals surface area contributed by atoms with Crippen LogP contribution in [0.25, 0.3) is 0 Å². The standard InChI is InChI=1S/C12H25NO/c1-11(2)5-4-6-12(3)13-7-9-14-10-8-13/h11-12H,4-10H2,1-3H3. The van der Waals surface area contributed by atoms with Crippen molar-refractivity contribution in [3.05, 3.63) is 0 Å². The molecule has 0 aromatic rings. The number of hydrogen-bond donors (Lipinski definition) is 0. The first-order valence-corrected chi connectivity index (χ1v) is 6.02. The van der Waals surface area contributed by atoms with Crippen molar-refractivity contribution in [2.24, 2.45) is 5.92 Å². The van der Waals surface area contributed by atoms with Crippen LogP contribution in [0.5, 0.6) is 0 Å². The SMILES string of the molecule is CC(C)CCCC(C)N1CCOCC1. The molecule has 84 valence electrons. The first-order chi connectivity index (χ1) is 6.70. The van der Waals surface area contributed by atoms with E-state index in [9.17, 15) is 0 Å². The lowest BCUT2D eigenvalue weighted by atomic mass is 10.0. The van der Waals surface area contributed by atoms with Gasteiger partial charge in [0.1, 0.15) is 0 Å². The Hall–Kier alpha value is -0.0800. The number of rotatable bonds is 5. The highest BCUT2D eigenvalue weighted by Gasteiger charge is 2.16. The van der Waals surface area contributed by atoms with Gasteiger partial charge in [-0.3, -0.25) is 4.90 Å². The largest absolute Gasteiger partial charge is 0.379 e. The van der Waals surface area contributed by atoms with Crippen molar-refractivity contribution in [3.63, 3.8) is 0 Å². The van der Waals surface area contributed by atoms with Gasteiger partial charge in [0.05, 0.1) is 13.2 Å². The Balaban J connectivity index is 2.10. The molecular formula is C12H25NO. The van der Waals surface area contributed by atoms with E-state index in [1.807, 2.05) is 0 Å². The monoisotopic (exact) mass is 199 g/mol. The molecule has 2 heteroatoms. The lowest BCUT2D eigenvalue weighted by Crippen LogP contribution is -2.42. The molecule has 1 saturated heterocycles. The molecule has 0 aromatic carbocycles. The summed E-state index contributed by atoms with van der Waals surface area (Å²) in [5.74, 6) is 0.854. The lowest BCUT2D eigenvalue weighted by Gasteiger charge is -2.32. The lowest BCUT2D eigenvalue weighted by molar-refractivity contribution is 0.0180. The van der Waals surface area contributed by atoms with Gasteiger partial charge in [-0.05, 0) is 19.3 Å². The molecule has 14 heavy (non-hydrogen) atoms. The molecule has 1 aliphatic rings. The highest BCUT2D eigenvalue weighted by Crippen LogP contribution is 2.13. The maximum Gasteiger partial charge on any atom is 0.0594 e. The average Bonchev–Trinajstić information content (AvgIpc) is 2.18. The van der Waals surface area contributed by atoms with Gasteiger partial charge in [-0.25, -0.2) is 0 Å². The molecule has 0 N–H and O–H groups in total. The number of hydrogen-bond acceptors (Lipinski definition) is 2. The van der Waals surface area contributed by atoms with Crippen molar-refractivity contribution < 1.29 is 4.74 Å². The van der Waals surface area contributed by atoms with E-state index >= 15 is 0 Å². The van der Waals surface area contributed by atoms with Crippen LogP contribution in [-0.4, -0.2) is 37.2 Å². The topological polar surface area (TPSA) is 12.5 Å². The fraction of sp³-hybridized carbons (Fsp3) is 1.00. The van der Waals surface area contributed by atoms with Crippen molar-refractivity contribution in [2.75, 3.05) is 26.3 Å². The zero-order chi connectivity index (χ0) is 10.4. The van der Waals surface area contributed by atoms with Crippen LogP contribution in [0.2, 0.25) is 0 Å². The molecule has 0 aliphatic carbocycles. The Kier molecular flexibility index (Phi) is 5.49. The fourth-order valence-corrected chi connectivity index (χ4v) is 2.02. The van der Waals surface area contributed by atoms with Gasteiger partial charge in [0.25, 0.3) is 0 Å². The first-order valence-electron chi connectivity index (χ1n) is 6.02. The van der Waals surface area contributed by atoms with Crippen molar-refractivity contribution in [1.29, 1.82) is 0 Å². The average molecular weight is 199 g/mol. The minimum Gasteiger partial charge on any atom is -0.379 e. The summed E-state index contributed by atoms with van der Waals surface area (Å²) in [6.07, 6.45) is 4.09. The van der Waals surface area contributed by atoms with Crippen LogP contribution in [-0.2, 0) is 4.74 Å². The Morgan fingerprint density at radius 1 is 1.07 bits per heavy atom. The molecular weight excluding hydrogens is 174 g/mol. The zero-order valence-electron chi connectivity index (χ0n) is 9.96. The van der Waals surface area contributed by atoms with E-state index in [1.54, 1.807) is 0 Å². The normalized spacial score (nSPS) is 21.4. The van der Waals surface area contributed by atoms with Gasteiger partial charge in [0, 0.05) is 19.1 Å². The molecule has 0 saturated carbocycles. The maximum atomic E-state index is 5.35. The van der Waals surface area contributed by atoms with Crippen molar-refractivity contribution in [2.45, 2.75) is 46.1 Å². The van der Waals surface area contributed by atoms with E-state index < -0.39 is 0 Å². The van der Waals surface area contributed by atoms with Crippen LogP contribution < -0.4 is 0 Å². The Morgan fingerprint density at radius 3 is 2.29 bits per heavy atom. The molecule has 1 heterocycles. The summed E-state index contributed by atoms with van der Waals surface area (Å²) in [7, 11) is 0. The Bertz CT molecular complexity index is 141. The van der Waals surface area contributed by atoms with Crippen LogP contribution in [0.4, 0.5) is 0 Å². The van der Waals surface area contributed by atoms with E-state index in [1.165, 1.54) is 19.3 Å².